The Balaban J connectivity index is 1.38. The maximum Gasteiger partial charge on any atom is 0.328 e. The number of imidazole rings is 1. The summed E-state index contributed by atoms with van der Waals surface area (Å²) in [6, 6.07) is 10.5. The van der Waals surface area contributed by atoms with Crippen LogP contribution in [0.25, 0.3) is 0 Å². The Labute approximate surface area is 269 Å². The first-order valence-electron chi connectivity index (χ1n) is 15.5. The van der Waals surface area contributed by atoms with Crippen LogP contribution in [-0.2, 0) is 42.2 Å². The number of aryl methyl sites for hydroxylation is 2. The lowest BCUT2D eigenvalue weighted by molar-refractivity contribution is -0.179. The average molecular weight is 655 g/mol. The molecule has 2 aliphatic rings. The van der Waals surface area contributed by atoms with Crippen molar-refractivity contribution in [3.8, 4) is 11.5 Å². The van der Waals surface area contributed by atoms with E-state index in [4.69, 9.17) is 8.92 Å². The number of nitrogens with zero attached hydrogens (tertiary/aromatic N) is 2. The van der Waals surface area contributed by atoms with Gasteiger partial charge in [0.15, 0.2) is 16.9 Å². The van der Waals surface area contributed by atoms with Crippen LogP contribution >= 0.6 is 11.8 Å². The molecule has 1 N–H and O–H groups in total. The zero-order valence-corrected chi connectivity index (χ0v) is 28.0. The first-order chi connectivity index (χ1) is 21.2. The number of ketones is 1. The summed E-state index contributed by atoms with van der Waals surface area (Å²) in [5.41, 5.74) is 1.06. The Bertz CT molecular complexity index is 1600. The minimum absolute atomic E-state index is 0.121. The van der Waals surface area contributed by atoms with E-state index in [1.54, 1.807) is 37.4 Å². The third kappa shape index (κ3) is 7.92. The summed E-state index contributed by atoms with van der Waals surface area (Å²) in [5, 5.41) is 8.67. The van der Waals surface area contributed by atoms with Crippen LogP contribution in [0.2, 0.25) is 0 Å². The minimum Gasteiger partial charge on any atom is -0.508 e. The number of hydrogen-bond acceptors (Lipinski definition) is 9. The van der Waals surface area contributed by atoms with Gasteiger partial charge in [0.05, 0.1) is 6.33 Å². The molecule has 2 fully saturated rings. The average Bonchev–Trinajstić information content (AvgIpc) is 3.48. The van der Waals surface area contributed by atoms with Crippen LogP contribution < -0.4 is 4.18 Å². The third-order valence-electron chi connectivity index (χ3n) is 8.82. The highest BCUT2D eigenvalue weighted by molar-refractivity contribution is 8.01. The molecule has 2 heterocycles. The van der Waals surface area contributed by atoms with E-state index in [0.717, 1.165) is 43.2 Å². The quantitative estimate of drug-likeness (QED) is 0.148. The van der Waals surface area contributed by atoms with Crippen molar-refractivity contribution in [3.63, 3.8) is 0 Å². The van der Waals surface area contributed by atoms with Gasteiger partial charge in [-0.25, -0.2) is 4.98 Å². The van der Waals surface area contributed by atoms with Crippen LogP contribution in [0, 0.1) is 12.8 Å². The molecule has 9 nitrogen and oxygen atoms in total. The number of benzene rings is 2. The minimum atomic E-state index is -3.98. The van der Waals surface area contributed by atoms with Crippen molar-refractivity contribution in [2.45, 2.75) is 106 Å². The summed E-state index contributed by atoms with van der Waals surface area (Å²) >= 11 is 1.17. The van der Waals surface area contributed by atoms with Crippen molar-refractivity contribution >= 4 is 33.6 Å². The van der Waals surface area contributed by atoms with Gasteiger partial charge in [0.25, 0.3) is 0 Å². The molecule has 2 unspecified atom stereocenters. The van der Waals surface area contributed by atoms with Crippen molar-refractivity contribution in [3.05, 3.63) is 71.8 Å². The van der Waals surface area contributed by atoms with Gasteiger partial charge in [-0.2, -0.15) is 8.42 Å². The summed E-state index contributed by atoms with van der Waals surface area (Å²) in [7, 11) is -3.98. The number of Topliss-reactive ketones (excluding diaryl/α,β-unsaturated/α-hetero) is 1. The van der Waals surface area contributed by atoms with Gasteiger partial charge in [-0.05, 0) is 84.9 Å². The van der Waals surface area contributed by atoms with Gasteiger partial charge in [0, 0.05) is 23.7 Å². The number of phenols is 1. The first-order valence-corrected chi connectivity index (χ1v) is 17.9. The molecule has 0 spiro atoms. The molecule has 1 aliphatic heterocycles. The second-order valence-electron chi connectivity index (χ2n) is 13.3. The highest BCUT2D eigenvalue weighted by Gasteiger charge is 2.51. The number of cyclic esters (lactones) is 1. The molecular formula is C34H42N2O7S2. The predicted molar refractivity (Wildman–Crippen MR) is 173 cm³/mol. The second-order valence-corrected chi connectivity index (χ2v) is 16.0. The monoisotopic (exact) mass is 654 g/mol. The van der Waals surface area contributed by atoms with Gasteiger partial charge in [0.2, 0.25) is 0 Å². The highest BCUT2D eigenvalue weighted by atomic mass is 32.2. The molecule has 1 saturated heterocycles. The number of carbonyl (C=O) groups is 2. The fourth-order valence-electron chi connectivity index (χ4n) is 6.41. The number of aromatic hydroxyl groups is 1. The summed E-state index contributed by atoms with van der Waals surface area (Å²) < 4.78 is 39.0. The molecule has 0 radical (unpaired) electrons. The molecule has 2 atom stereocenters. The van der Waals surface area contributed by atoms with Crippen molar-refractivity contribution in [2.24, 2.45) is 5.92 Å². The number of hydrogen-bond donors (Lipinski definition) is 1. The fraction of sp³-hybridized carbons (Fsp3) is 0.500. The molecule has 45 heavy (non-hydrogen) atoms. The molecule has 1 aromatic heterocycles. The van der Waals surface area contributed by atoms with Gasteiger partial charge in [0.1, 0.15) is 17.1 Å². The van der Waals surface area contributed by atoms with E-state index in [9.17, 15) is 23.1 Å². The molecule has 3 aromatic rings. The molecular weight excluding hydrogens is 613 g/mol. The highest BCUT2D eigenvalue weighted by Crippen LogP contribution is 2.47. The molecule has 0 bridgehead atoms. The number of rotatable bonds is 10. The topological polar surface area (TPSA) is 125 Å². The maximum atomic E-state index is 13.9. The van der Waals surface area contributed by atoms with E-state index in [0.29, 0.717) is 23.3 Å². The molecule has 2 aromatic carbocycles. The van der Waals surface area contributed by atoms with E-state index in [1.807, 2.05) is 32.9 Å². The van der Waals surface area contributed by atoms with E-state index in [2.05, 4.69) is 4.98 Å². The smallest absolute Gasteiger partial charge is 0.328 e. The maximum absolute atomic E-state index is 13.9. The Hall–Kier alpha value is -3.31. The number of phenolic OH excluding ortho intramolecular Hbond substituents is 1. The molecule has 1 saturated carbocycles. The SMILES string of the molecule is Cc1cc(SC2C(=O)CC(CCc3ccc(O)cc3)(C3CCCCC3)OC2=O)c(C(C)(C)C)cc1OS(=O)(=O)Cn1ccnc1. The summed E-state index contributed by atoms with van der Waals surface area (Å²) in [6.45, 7) is 7.72. The van der Waals surface area contributed by atoms with E-state index in [-0.39, 0.29) is 35.5 Å². The van der Waals surface area contributed by atoms with Gasteiger partial charge < -0.3 is 18.6 Å². The largest absolute Gasteiger partial charge is 0.508 e. The number of aromatic nitrogens is 2. The molecule has 11 heteroatoms. The zero-order valence-electron chi connectivity index (χ0n) is 26.3. The Kier molecular flexibility index (Phi) is 9.70. The third-order valence-corrected chi connectivity index (χ3v) is 11.1. The summed E-state index contributed by atoms with van der Waals surface area (Å²) in [4.78, 5) is 32.3. The lowest BCUT2D eigenvalue weighted by Crippen LogP contribution is -2.53. The lowest BCUT2D eigenvalue weighted by atomic mass is 9.70. The number of thioether (sulfide) groups is 1. The van der Waals surface area contributed by atoms with Gasteiger partial charge in [-0.3, -0.25) is 9.59 Å². The molecule has 1 aliphatic carbocycles. The van der Waals surface area contributed by atoms with Gasteiger partial charge in [-0.15, -0.1) is 11.8 Å². The fourth-order valence-corrected chi connectivity index (χ4v) is 8.79. The van der Waals surface area contributed by atoms with Gasteiger partial charge >= 0.3 is 16.1 Å². The van der Waals surface area contributed by atoms with Crippen molar-refractivity contribution in [1.82, 2.24) is 9.55 Å². The standard InChI is InChI=1S/C34H42N2O7S2/c1-23-18-30(27(33(2,3)4)19-29(23)43-45(40,41)22-36-17-16-35-21-36)44-31-28(38)20-34(42-32(31)39,25-8-6-5-7-9-25)15-14-24-10-12-26(37)13-11-24/h10-13,16-19,21,25,31,37H,5-9,14-15,20,22H2,1-4H3. The van der Waals surface area contributed by atoms with Crippen molar-refractivity contribution in [2.75, 3.05) is 0 Å². The zero-order chi connectivity index (χ0) is 32.4. The summed E-state index contributed by atoms with van der Waals surface area (Å²) in [6.07, 6.45) is 10.9. The van der Waals surface area contributed by atoms with E-state index in [1.165, 1.54) is 28.9 Å². The van der Waals surface area contributed by atoms with Crippen LogP contribution in [0.15, 0.2) is 60.0 Å². The second kappa shape index (κ2) is 13.2. The lowest BCUT2D eigenvalue weighted by Gasteiger charge is -2.45. The Morgan fingerprint density at radius 1 is 1.11 bits per heavy atom. The Morgan fingerprint density at radius 2 is 1.82 bits per heavy atom. The number of ether oxygens (including phenoxy) is 1. The number of carbonyl (C=O) groups excluding carboxylic acids is 2. The van der Waals surface area contributed by atoms with E-state index < -0.39 is 32.4 Å². The molecule has 242 valence electrons. The van der Waals surface area contributed by atoms with Crippen molar-refractivity contribution in [1.29, 1.82) is 0 Å². The van der Waals surface area contributed by atoms with Crippen LogP contribution in [0.4, 0.5) is 0 Å². The Morgan fingerprint density at radius 3 is 2.44 bits per heavy atom. The number of esters is 1. The molecule has 5 rings (SSSR count). The van der Waals surface area contributed by atoms with E-state index >= 15 is 0 Å². The predicted octanol–water partition coefficient (Wildman–Crippen LogP) is 6.49. The van der Waals surface area contributed by atoms with Crippen LogP contribution in [0.5, 0.6) is 11.5 Å². The molecule has 0 amide bonds. The van der Waals surface area contributed by atoms with Crippen LogP contribution in [-0.4, -0.2) is 45.7 Å². The first kappa shape index (κ1) is 33.1. The van der Waals surface area contributed by atoms with Crippen LogP contribution in [0.3, 0.4) is 0 Å². The van der Waals surface area contributed by atoms with Crippen molar-refractivity contribution < 1.29 is 32.0 Å². The summed E-state index contributed by atoms with van der Waals surface area (Å²) in [5.74, 6) is -0.532. The van der Waals surface area contributed by atoms with Gasteiger partial charge in [-0.1, -0.05) is 52.2 Å². The van der Waals surface area contributed by atoms with Crippen LogP contribution in [0.1, 0.15) is 82.4 Å². The normalized spacial score (nSPS) is 21.5.